The van der Waals surface area contributed by atoms with Crippen LogP contribution in [0.1, 0.15) is 33.6 Å². The summed E-state index contributed by atoms with van der Waals surface area (Å²) in [5.41, 5.74) is 5.44. The summed E-state index contributed by atoms with van der Waals surface area (Å²) in [5.74, 6) is 0.0134. The van der Waals surface area contributed by atoms with Gasteiger partial charge in [0.25, 0.3) is 5.91 Å². The molecule has 122 valence electrons. The molecule has 0 aliphatic heterocycles. The van der Waals surface area contributed by atoms with Crippen LogP contribution in [0.4, 0.5) is 0 Å². The Morgan fingerprint density at radius 3 is 2.92 bits per heavy atom. The fourth-order valence-corrected chi connectivity index (χ4v) is 3.78. The average Bonchev–Trinajstić information content (AvgIpc) is 2.92. The summed E-state index contributed by atoms with van der Waals surface area (Å²) >= 11 is 6.15. The molecule has 1 unspecified atom stereocenters. The molecule has 1 aliphatic carbocycles. The Morgan fingerprint density at radius 1 is 1.25 bits per heavy atom. The van der Waals surface area contributed by atoms with Gasteiger partial charge < -0.3 is 10.3 Å². The molecule has 3 nitrogen and oxygen atoms in total. The van der Waals surface area contributed by atoms with Crippen LogP contribution >= 0.6 is 11.6 Å². The van der Waals surface area contributed by atoms with E-state index in [1.54, 1.807) is 0 Å². The first kappa shape index (κ1) is 15.3. The molecule has 24 heavy (non-hydrogen) atoms. The second-order valence-electron chi connectivity index (χ2n) is 6.50. The lowest BCUT2D eigenvalue weighted by Gasteiger charge is -2.24. The summed E-state index contributed by atoms with van der Waals surface area (Å²) in [5, 5.41) is 5.12. The van der Waals surface area contributed by atoms with Crippen molar-refractivity contribution in [3.8, 4) is 0 Å². The minimum atomic E-state index is 0.0134. The molecule has 3 aromatic rings. The number of carbonyl (C=O) groups is 1. The van der Waals surface area contributed by atoms with Crippen molar-refractivity contribution >= 4 is 28.4 Å². The van der Waals surface area contributed by atoms with Crippen molar-refractivity contribution in [2.24, 2.45) is 0 Å². The van der Waals surface area contributed by atoms with Crippen molar-refractivity contribution in [1.82, 2.24) is 10.3 Å². The first-order valence-electron chi connectivity index (χ1n) is 8.27. The van der Waals surface area contributed by atoms with Gasteiger partial charge in [-0.2, -0.15) is 0 Å². The second-order valence-corrected chi connectivity index (χ2v) is 6.94. The van der Waals surface area contributed by atoms with Crippen LogP contribution < -0.4 is 5.32 Å². The van der Waals surface area contributed by atoms with E-state index in [9.17, 15) is 4.79 Å². The summed E-state index contributed by atoms with van der Waals surface area (Å²) in [4.78, 5) is 16.0. The number of aromatic nitrogens is 1. The van der Waals surface area contributed by atoms with Gasteiger partial charge in [-0.1, -0.05) is 29.8 Å². The number of rotatable bonds is 2. The molecule has 1 atom stereocenters. The maximum Gasteiger partial charge on any atom is 0.251 e. The average molecular weight is 339 g/mol. The van der Waals surface area contributed by atoms with E-state index in [2.05, 4.69) is 10.3 Å². The molecule has 1 amide bonds. The fourth-order valence-electron chi connectivity index (χ4n) is 3.60. The molecule has 1 heterocycles. The third-order valence-electron chi connectivity index (χ3n) is 4.87. The van der Waals surface area contributed by atoms with Gasteiger partial charge in [0.05, 0.1) is 0 Å². The normalized spacial score (nSPS) is 16.8. The molecule has 4 rings (SSSR count). The van der Waals surface area contributed by atoms with E-state index in [0.29, 0.717) is 0 Å². The molecule has 1 aromatic heterocycles. The van der Waals surface area contributed by atoms with Gasteiger partial charge in [-0.15, -0.1) is 0 Å². The lowest BCUT2D eigenvalue weighted by atomic mass is 9.91. The maximum atomic E-state index is 12.6. The van der Waals surface area contributed by atoms with Gasteiger partial charge in [-0.3, -0.25) is 4.79 Å². The minimum absolute atomic E-state index is 0.0134. The van der Waals surface area contributed by atoms with Gasteiger partial charge in [0.1, 0.15) is 0 Å². The van der Waals surface area contributed by atoms with Crippen molar-refractivity contribution in [3.63, 3.8) is 0 Å². The van der Waals surface area contributed by atoms with Gasteiger partial charge in [0.15, 0.2) is 0 Å². The zero-order valence-electron chi connectivity index (χ0n) is 13.5. The van der Waals surface area contributed by atoms with Gasteiger partial charge in [0.2, 0.25) is 0 Å². The summed E-state index contributed by atoms with van der Waals surface area (Å²) < 4.78 is 0. The summed E-state index contributed by atoms with van der Waals surface area (Å²) in [7, 11) is 0. The molecular weight excluding hydrogens is 320 g/mol. The largest absolute Gasteiger partial charge is 0.358 e. The van der Waals surface area contributed by atoms with Crippen LogP contribution in [0.2, 0.25) is 5.02 Å². The minimum Gasteiger partial charge on any atom is -0.358 e. The van der Waals surface area contributed by atoms with E-state index in [-0.39, 0.29) is 11.9 Å². The number of benzene rings is 2. The molecule has 0 radical (unpaired) electrons. The van der Waals surface area contributed by atoms with Crippen molar-refractivity contribution in [1.29, 1.82) is 0 Å². The van der Waals surface area contributed by atoms with E-state index < -0.39 is 0 Å². The zero-order valence-corrected chi connectivity index (χ0v) is 14.3. The van der Waals surface area contributed by atoms with Gasteiger partial charge in [0, 0.05) is 33.2 Å². The van der Waals surface area contributed by atoms with Gasteiger partial charge in [-0.25, -0.2) is 0 Å². The Labute approximate surface area is 146 Å². The summed E-state index contributed by atoms with van der Waals surface area (Å²) in [6.45, 7) is 1.97. The van der Waals surface area contributed by atoms with E-state index in [1.807, 2.05) is 49.4 Å². The van der Waals surface area contributed by atoms with Crippen LogP contribution in [0, 0.1) is 6.92 Å². The van der Waals surface area contributed by atoms with E-state index in [1.165, 1.54) is 16.6 Å². The Balaban J connectivity index is 1.58. The molecule has 0 bridgehead atoms. The Morgan fingerprint density at radius 2 is 2.08 bits per heavy atom. The predicted octanol–water partition coefficient (Wildman–Crippen LogP) is 4.42. The van der Waals surface area contributed by atoms with Gasteiger partial charge in [-0.05, 0) is 61.6 Å². The molecule has 0 saturated heterocycles. The Bertz CT molecular complexity index is 929. The predicted molar refractivity (Wildman–Crippen MR) is 97.8 cm³/mol. The van der Waals surface area contributed by atoms with Crippen LogP contribution in [0.3, 0.4) is 0 Å². The van der Waals surface area contributed by atoms with Crippen molar-refractivity contribution in [3.05, 3.63) is 69.9 Å². The number of nitrogens with one attached hydrogen (secondary N) is 2. The van der Waals surface area contributed by atoms with E-state index in [4.69, 9.17) is 11.6 Å². The molecule has 4 heteroatoms. The number of halogens is 1. The van der Waals surface area contributed by atoms with Crippen LogP contribution in [-0.4, -0.2) is 16.9 Å². The van der Waals surface area contributed by atoms with Crippen molar-refractivity contribution in [2.75, 3.05) is 0 Å². The summed E-state index contributed by atoms with van der Waals surface area (Å²) in [6.07, 6.45) is 2.73. The maximum absolute atomic E-state index is 12.6. The molecule has 1 aliphatic rings. The number of fused-ring (bicyclic) bond motifs is 3. The number of aryl methyl sites for hydroxylation is 2. The quantitative estimate of drug-likeness (QED) is 0.714. The number of amides is 1. The van der Waals surface area contributed by atoms with Crippen LogP contribution in [0.15, 0.2) is 42.5 Å². The highest BCUT2D eigenvalue weighted by molar-refractivity contribution is 6.31. The topological polar surface area (TPSA) is 44.9 Å². The van der Waals surface area contributed by atoms with Crippen molar-refractivity contribution in [2.45, 2.75) is 32.2 Å². The van der Waals surface area contributed by atoms with Crippen molar-refractivity contribution < 1.29 is 4.79 Å². The second kappa shape index (κ2) is 5.99. The monoisotopic (exact) mass is 338 g/mol. The first-order valence-corrected chi connectivity index (χ1v) is 8.65. The Kier molecular flexibility index (Phi) is 3.81. The molecule has 2 aromatic carbocycles. The fraction of sp³-hybridized carbons (Fsp3) is 0.250. The first-order chi connectivity index (χ1) is 11.6. The van der Waals surface area contributed by atoms with E-state index in [0.717, 1.165) is 40.9 Å². The highest BCUT2D eigenvalue weighted by Crippen LogP contribution is 2.31. The molecule has 0 saturated carbocycles. The third kappa shape index (κ3) is 2.69. The standard InChI is InChI=1S/C20H19ClN2O/c1-12-4-2-3-5-15(12)20(24)22-14-7-9-19-17(11-14)16-10-13(21)6-8-18(16)23-19/h2-6,8,10,14,23H,7,9,11H2,1H3,(H,22,24). The lowest BCUT2D eigenvalue weighted by molar-refractivity contribution is 0.0933. The summed E-state index contributed by atoms with van der Waals surface area (Å²) in [6, 6.07) is 13.8. The number of H-pyrrole nitrogens is 1. The Hall–Kier alpha value is -2.26. The highest BCUT2D eigenvalue weighted by atomic mass is 35.5. The SMILES string of the molecule is Cc1ccccc1C(=O)NC1CCc2[nH]c3ccc(Cl)cc3c2C1. The number of hydrogen-bond acceptors (Lipinski definition) is 1. The smallest absolute Gasteiger partial charge is 0.251 e. The van der Waals surface area contributed by atoms with Crippen LogP contribution in [0.5, 0.6) is 0 Å². The number of aromatic amines is 1. The zero-order chi connectivity index (χ0) is 16.7. The lowest BCUT2D eigenvalue weighted by Crippen LogP contribution is -2.39. The van der Waals surface area contributed by atoms with E-state index >= 15 is 0 Å². The number of carbonyl (C=O) groups excluding carboxylic acids is 1. The molecular formula is C20H19ClN2O. The van der Waals surface area contributed by atoms with Crippen LogP contribution in [-0.2, 0) is 12.8 Å². The van der Waals surface area contributed by atoms with Crippen LogP contribution in [0.25, 0.3) is 10.9 Å². The number of hydrogen-bond donors (Lipinski definition) is 2. The highest BCUT2D eigenvalue weighted by Gasteiger charge is 2.24. The third-order valence-corrected chi connectivity index (χ3v) is 5.11. The van der Waals surface area contributed by atoms with Gasteiger partial charge >= 0.3 is 0 Å². The molecule has 0 spiro atoms. The molecule has 2 N–H and O–H groups in total. The molecule has 0 fully saturated rings.